The van der Waals surface area contributed by atoms with Crippen LogP contribution < -0.4 is 0 Å². The lowest BCUT2D eigenvalue weighted by atomic mass is 9.63. The van der Waals surface area contributed by atoms with Gasteiger partial charge in [-0.15, -0.1) is 0 Å². The average Bonchev–Trinajstić information content (AvgIpc) is 2.23. The Morgan fingerprint density at radius 3 is 2.88 bits per heavy atom. The van der Waals surface area contributed by atoms with Crippen LogP contribution in [0.5, 0.6) is 0 Å². The molecule has 0 aromatic heterocycles. The fourth-order valence-corrected chi connectivity index (χ4v) is 2.78. The van der Waals surface area contributed by atoms with E-state index in [-0.39, 0.29) is 17.1 Å². The molecule has 0 N–H and O–H groups in total. The highest BCUT2D eigenvalue weighted by Gasteiger charge is 2.42. The molecule has 0 aromatic carbocycles. The number of hydrogen-bond acceptors (Lipinski definition) is 1. The summed E-state index contributed by atoms with van der Waals surface area (Å²) in [5, 5.41) is 0. The van der Waals surface area contributed by atoms with Crippen molar-refractivity contribution in [2.24, 2.45) is 11.3 Å². The van der Waals surface area contributed by atoms with E-state index in [2.05, 4.69) is 48.2 Å². The molecule has 1 aliphatic rings. The Kier molecular flexibility index (Phi) is 4.53. The Balaban J connectivity index is 3.11. The van der Waals surface area contributed by atoms with E-state index >= 15 is 0 Å². The molecule has 0 heterocycles. The predicted molar refractivity (Wildman–Crippen MR) is 77.6 cm³/mol. The van der Waals surface area contributed by atoms with Crippen LogP contribution in [-0.4, -0.2) is 5.78 Å². The monoisotopic (exact) mass is 330 g/mol. The van der Waals surface area contributed by atoms with Gasteiger partial charge in [-0.3, -0.25) is 4.79 Å². The van der Waals surface area contributed by atoms with Gasteiger partial charge in [-0.2, -0.15) is 0 Å². The zero-order valence-electron chi connectivity index (χ0n) is 10.2. The lowest BCUT2D eigenvalue weighted by molar-refractivity contribution is -0.126. The molecule has 1 nitrogen and oxygen atoms in total. The predicted octanol–water partition coefficient (Wildman–Crippen LogP) is 4.44. The minimum Gasteiger partial charge on any atom is -0.294 e. The van der Waals surface area contributed by atoms with Crippen LogP contribution in [0.25, 0.3) is 0 Å². The first-order chi connectivity index (χ1) is 7.43. The maximum absolute atomic E-state index is 12.3. The van der Waals surface area contributed by atoms with Crippen LogP contribution in [0.15, 0.2) is 34.0 Å². The van der Waals surface area contributed by atoms with Crippen molar-refractivity contribution < 1.29 is 4.79 Å². The number of ketones is 1. The number of hydrogen-bond donors (Lipinski definition) is 0. The Hall–Kier alpha value is -0.380. The smallest absolute Gasteiger partial charge is 0.165 e. The molecule has 88 valence electrons. The van der Waals surface area contributed by atoms with E-state index in [1.807, 2.05) is 17.9 Å². The zero-order chi connectivity index (χ0) is 12.3. The summed E-state index contributed by atoms with van der Waals surface area (Å²) in [5.74, 6) is 0.553. The second-order valence-corrected chi connectivity index (χ2v) is 5.55. The molecule has 0 aliphatic heterocycles. The van der Waals surface area contributed by atoms with Gasteiger partial charge in [0, 0.05) is 5.41 Å². The fraction of sp³-hybridized carbons (Fsp3) is 0.500. The van der Waals surface area contributed by atoms with Crippen molar-refractivity contribution in [3.63, 3.8) is 0 Å². The van der Waals surface area contributed by atoms with Crippen LogP contribution in [0.3, 0.4) is 0 Å². The minimum atomic E-state index is -0.299. The van der Waals surface area contributed by atoms with Crippen LogP contribution in [-0.2, 0) is 4.79 Å². The third-order valence-corrected chi connectivity index (χ3v) is 4.04. The molecule has 0 spiro atoms. The molecule has 0 saturated carbocycles. The van der Waals surface area contributed by atoms with Gasteiger partial charge in [0.1, 0.15) is 0 Å². The molecule has 2 atom stereocenters. The molecule has 2 heteroatoms. The molecule has 0 radical (unpaired) electrons. The highest BCUT2D eigenvalue weighted by Crippen LogP contribution is 2.44. The van der Waals surface area contributed by atoms with Gasteiger partial charge in [-0.1, -0.05) is 53.8 Å². The molecule has 0 aromatic rings. The summed E-state index contributed by atoms with van der Waals surface area (Å²) >= 11 is 2.20. The average molecular weight is 330 g/mol. The summed E-state index contributed by atoms with van der Waals surface area (Å²) in [6, 6.07) is 0. The number of halogens is 1. The first-order valence-corrected chi connectivity index (χ1v) is 6.80. The number of rotatable bonds is 3. The zero-order valence-corrected chi connectivity index (χ0v) is 12.4. The van der Waals surface area contributed by atoms with Crippen molar-refractivity contribution in [2.45, 2.75) is 33.6 Å². The highest BCUT2D eigenvalue weighted by atomic mass is 127. The Morgan fingerprint density at radius 1 is 1.75 bits per heavy atom. The summed E-state index contributed by atoms with van der Waals surface area (Å²) in [4.78, 5) is 12.3. The Labute approximate surface area is 112 Å². The van der Waals surface area contributed by atoms with E-state index in [0.29, 0.717) is 0 Å². The standard InChI is InChI=1S/C14H19IO/c1-10(2)12-7-6-11(3)13(16)14(12,4)8-5-9-15/h5-6,9,12H,1,7-8H2,2-4H3/b9-5-/t12-,14-/m0/s1. The quantitative estimate of drug-likeness (QED) is 0.552. The van der Waals surface area contributed by atoms with Crippen molar-refractivity contribution >= 4 is 28.4 Å². The number of Topliss-reactive ketones (excluding diaryl/α,β-unsaturated/α-hetero) is 1. The van der Waals surface area contributed by atoms with Crippen LogP contribution in [0.1, 0.15) is 33.6 Å². The lowest BCUT2D eigenvalue weighted by Crippen LogP contribution is -2.39. The summed E-state index contributed by atoms with van der Waals surface area (Å²) in [6.45, 7) is 10.1. The first kappa shape index (κ1) is 13.7. The van der Waals surface area contributed by atoms with Crippen LogP contribution in [0, 0.1) is 11.3 Å². The number of carbonyl (C=O) groups excluding carboxylic acids is 1. The summed E-state index contributed by atoms with van der Waals surface area (Å²) in [7, 11) is 0. The third kappa shape index (κ3) is 2.47. The van der Waals surface area contributed by atoms with E-state index in [1.54, 1.807) is 0 Å². The van der Waals surface area contributed by atoms with Crippen molar-refractivity contribution in [1.82, 2.24) is 0 Å². The molecular formula is C14H19IO. The summed E-state index contributed by atoms with van der Waals surface area (Å²) < 4.78 is 1.99. The third-order valence-electron chi connectivity index (χ3n) is 3.53. The van der Waals surface area contributed by atoms with Gasteiger partial charge >= 0.3 is 0 Å². The van der Waals surface area contributed by atoms with Crippen LogP contribution >= 0.6 is 22.6 Å². The molecular weight excluding hydrogens is 311 g/mol. The Bertz CT molecular complexity index is 365. The summed E-state index contributed by atoms with van der Waals surface area (Å²) in [5.41, 5.74) is 1.72. The van der Waals surface area contributed by atoms with Crippen molar-refractivity contribution in [2.75, 3.05) is 0 Å². The molecule has 0 unspecified atom stereocenters. The van der Waals surface area contributed by atoms with Crippen LogP contribution in [0.4, 0.5) is 0 Å². The number of carbonyl (C=O) groups is 1. The molecule has 0 saturated heterocycles. The lowest BCUT2D eigenvalue weighted by Gasteiger charge is -2.39. The topological polar surface area (TPSA) is 17.1 Å². The van der Waals surface area contributed by atoms with E-state index in [0.717, 1.165) is 24.0 Å². The van der Waals surface area contributed by atoms with Gasteiger partial charge in [0.25, 0.3) is 0 Å². The van der Waals surface area contributed by atoms with Crippen molar-refractivity contribution in [1.29, 1.82) is 0 Å². The van der Waals surface area contributed by atoms with Gasteiger partial charge in [-0.25, -0.2) is 0 Å². The van der Waals surface area contributed by atoms with Gasteiger partial charge in [0.05, 0.1) is 0 Å². The summed E-state index contributed by atoms with van der Waals surface area (Å²) in [6.07, 6.45) is 5.88. The maximum atomic E-state index is 12.3. The van der Waals surface area contributed by atoms with E-state index in [9.17, 15) is 4.79 Å². The van der Waals surface area contributed by atoms with Crippen LogP contribution in [0.2, 0.25) is 0 Å². The molecule has 1 aliphatic carbocycles. The molecule has 0 fully saturated rings. The maximum Gasteiger partial charge on any atom is 0.165 e. The first-order valence-electron chi connectivity index (χ1n) is 5.55. The minimum absolute atomic E-state index is 0.274. The molecule has 16 heavy (non-hydrogen) atoms. The molecule has 0 bridgehead atoms. The fourth-order valence-electron chi connectivity index (χ4n) is 2.53. The van der Waals surface area contributed by atoms with Gasteiger partial charge in [0.2, 0.25) is 0 Å². The second-order valence-electron chi connectivity index (χ2n) is 4.83. The Morgan fingerprint density at radius 2 is 2.38 bits per heavy atom. The van der Waals surface area contributed by atoms with E-state index in [1.165, 1.54) is 0 Å². The van der Waals surface area contributed by atoms with Crippen molar-refractivity contribution in [3.8, 4) is 0 Å². The van der Waals surface area contributed by atoms with Gasteiger partial charge in [0.15, 0.2) is 5.78 Å². The highest BCUT2D eigenvalue weighted by molar-refractivity contribution is 14.1. The van der Waals surface area contributed by atoms with E-state index < -0.39 is 0 Å². The SMILES string of the molecule is C=C(C)[C@@H]1CC=C(C)C(=O)[C@@]1(C)C/C=C\I. The van der Waals surface area contributed by atoms with Gasteiger partial charge < -0.3 is 0 Å². The molecule has 0 amide bonds. The van der Waals surface area contributed by atoms with E-state index in [4.69, 9.17) is 0 Å². The van der Waals surface area contributed by atoms with Gasteiger partial charge in [-0.05, 0) is 42.3 Å². The number of allylic oxidation sites excluding steroid dienone is 4. The normalized spacial score (nSPS) is 30.6. The largest absolute Gasteiger partial charge is 0.294 e. The molecule has 1 rings (SSSR count). The second kappa shape index (κ2) is 5.30. The van der Waals surface area contributed by atoms with Crippen molar-refractivity contribution in [3.05, 3.63) is 34.0 Å².